The van der Waals surface area contributed by atoms with Crippen molar-refractivity contribution in [3.8, 4) is 5.75 Å². The molecule has 28 heavy (non-hydrogen) atoms. The standard InChI is InChI=1S/C22H23ClN2O3/c1-25-14-13-24-21(25)22(26,16-9-11-17(23)12-10-16)18-6-2-3-7-19(18)28-20-8-4-5-15-27-20/h2-3,6-7,9-14,20,26H,4-5,8,15H2,1H3/t20-,22+/m1/s1. The fraction of sp³-hybridized carbons (Fsp3) is 0.318. The summed E-state index contributed by atoms with van der Waals surface area (Å²) in [5.74, 6) is 1.07. The van der Waals surface area contributed by atoms with E-state index in [9.17, 15) is 5.11 Å². The summed E-state index contributed by atoms with van der Waals surface area (Å²) in [4.78, 5) is 4.44. The molecular weight excluding hydrogens is 376 g/mol. The third-order valence-corrected chi connectivity index (χ3v) is 5.33. The molecule has 0 radical (unpaired) electrons. The molecule has 146 valence electrons. The molecule has 3 aromatic rings. The Bertz CT molecular complexity index is 935. The minimum Gasteiger partial charge on any atom is -0.465 e. The molecule has 0 unspecified atom stereocenters. The number of rotatable bonds is 5. The fourth-order valence-electron chi connectivity index (χ4n) is 3.62. The highest BCUT2D eigenvalue weighted by Gasteiger charge is 2.40. The van der Waals surface area contributed by atoms with Crippen molar-refractivity contribution in [3.05, 3.63) is 82.9 Å². The van der Waals surface area contributed by atoms with E-state index in [0.29, 0.717) is 34.3 Å². The number of aromatic nitrogens is 2. The monoisotopic (exact) mass is 398 g/mol. The molecule has 1 N–H and O–H groups in total. The van der Waals surface area contributed by atoms with Crippen LogP contribution in [-0.2, 0) is 17.4 Å². The molecular formula is C22H23ClN2O3. The number of hydrogen-bond donors (Lipinski definition) is 1. The minimum absolute atomic E-state index is 0.314. The average Bonchev–Trinajstić information content (AvgIpc) is 3.16. The lowest BCUT2D eigenvalue weighted by molar-refractivity contribution is -0.107. The van der Waals surface area contributed by atoms with Gasteiger partial charge in [0.05, 0.1) is 6.61 Å². The molecule has 0 bridgehead atoms. The van der Waals surface area contributed by atoms with Gasteiger partial charge in [-0.2, -0.15) is 0 Å². The first-order valence-electron chi connectivity index (χ1n) is 9.43. The molecule has 1 saturated heterocycles. The molecule has 2 heterocycles. The van der Waals surface area contributed by atoms with Gasteiger partial charge in [0, 0.05) is 36.4 Å². The maximum Gasteiger partial charge on any atom is 0.199 e. The van der Waals surface area contributed by atoms with Crippen molar-refractivity contribution in [2.24, 2.45) is 7.05 Å². The highest BCUT2D eigenvalue weighted by atomic mass is 35.5. The van der Waals surface area contributed by atoms with Gasteiger partial charge in [-0.05, 0) is 36.6 Å². The van der Waals surface area contributed by atoms with E-state index in [1.165, 1.54) is 0 Å². The number of imidazole rings is 1. The fourth-order valence-corrected chi connectivity index (χ4v) is 3.75. The van der Waals surface area contributed by atoms with Crippen LogP contribution in [0.25, 0.3) is 0 Å². The molecule has 1 aromatic heterocycles. The lowest BCUT2D eigenvalue weighted by Gasteiger charge is -2.32. The van der Waals surface area contributed by atoms with Crippen LogP contribution in [0.15, 0.2) is 60.9 Å². The van der Waals surface area contributed by atoms with Crippen LogP contribution >= 0.6 is 11.6 Å². The number of ether oxygens (including phenoxy) is 2. The lowest BCUT2D eigenvalue weighted by atomic mass is 9.84. The molecule has 1 fully saturated rings. The Morgan fingerprint density at radius 3 is 2.64 bits per heavy atom. The van der Waals surface area contributed by atoms with E-state index in [0.717, 1.165) is 19.3 Å². The van der Waals surface area contributed by atoms with Gasteiger partial charge in [0.2, 0.25) is 0 Å². The second-order valence-corrected chi connectivity index (χ2v) is 7.43. The molecule has 4 rings (SSSR count). The maximum absolute atomic E-state index is 12.0. The van der Waals surface area contributed by atoms with Gasteiger partial charge < -0.3 is 19.1 Å². The second kappa shape index (κ2) is 7.95. The van der Waals surface area contributed by atoms with Gasteiger partial charge in [-0.25, -0.2) is 4.98 Å². The predicted molar refractivity (Wildman–Crippen MR) is 107 cm³/mol. The second-order valence-electron chi connectivity index (χ2n) is 6.99. The molecule has 5 nitrogen and oxygen atoms in total. The molecule has 1 aliphatic rings. The zero-order valence-corrected chi connectivity index (χ0v) is 16.5. The zero-order valence-electron chi connectivity index (χ0n) is 15.7. The molecule has 2 atom stereocenters. The summed E-state index contributed by atoms with van der Waals surface area (Å²) < 4.78 is 13.7. The number of aliphatic hydroxyl groups is 1. The Hall–Kier alpha value is -2.34. The van der Waals surface area contributed by atoms with Crippen molar-refractivity contribution < 1.29 is 14.6 Å². The molecule has 2 aromatic carbocycles. The SMILES string of the molecule is Cn1ccnc1[C@](O)(c1ccc(Cl)cc1)c1ccccc1O[C@@H]1CCCCO1. The summed E-state index contributed by atoms with van der Waals surface area (Å²) in [5, 5.41) is 12.7. The number of halogens is 1. The zero-order chi connectivity index (χ0) is 19.6. The molecule has 1 aliphatic heterocycles. The van der Waals surface area contributed by atoms with Crippen LogP contribution < -0.4 is 4.74 Å². The summed E-state index contributed by atoms with van der Waals surface area (Å²) in [7, 11) is 1.86. The van der Waals surface area contributed by atoms with E-state index in [1.54, 1.807) is 18.3 Å². The van der Waals surface area contributed by atoms with Crippen LogP contribution in [0.1, 0.15) is 36.2 Å². The van der Waals surface area contributed by atoms with Gasteiger partial charge in [-0.1, -0.05) is 41.9 Å². The van der Waals surface area contributed by atoms with E-state index in [2.05, 4.69) is 4.98 Å². The van der Waals surface area contributed by atoms with Gasteiger partial charge >= 0.3 is 0 Å². The summed E-state index contributed by atoms with van der Waals surface area (Å²) in [6.07, 6.45) is 6.10. The first kappa shape index (κ1) is 19.0. The van der Waals surface area contributed by atoms with Gasteiger partial charge in [-0.15, -0.1) is 0 Å². The Balaban J connectivity index is 1.84. The lowest BCUT2D eigenvalue weighted by Crippen LogP contribution is -2.34. The van der Waals surface area contributed by atoms with E-state index < -0.39 is 5.60 Å². The molecule has 0 saturated carbocycles. The van der Waals surface area contributed by atoms with Gasteiger partial charge in [0.1, 0.15) is 11.6 Å². The number of hydrogen-bond acceptors (Lipinski definition) is 4. The number of aryl methyl sites for hydroxylation is 1. The number of nitrogens with zero attached hydrogens (tertiary/aromatic N) is 2. The van der Waals surface area contributed by atoms with Crippen molar-refractivity contribution >= 4 is 11.6 Å². The van der Waals surface area contributed by atoms with Gasteiger partial charge in [0.25, 0.3) is 0 Å². The third kappa shape index (κ3) is 3.53. The molecule has 0 amide bonds. The highest BCUT2D eigenvalue weighted by molar-refractivity contribution is 6.30. The molecule has 0 aliphatic carbocycles. The summed E-state index contributed by atoms with van der Waals surface area (Å²) in [6, 6.07) is 14.6. The minimum atomic E-state index is -1.51. The van der Waals surface area contributed by atoms with Crippen LogP contribution in [0.4, 0.5) is 0 Å². The van der Waals surface area contributed by atoms with E-state index in [-0.39, 0.29) is 6.29 Å². The van der Waals surface area contributed by atoms with Crippen LogP contribution in [0.5, 0.6) is 5.75 Å². The van der Waals surface area contributed by atoms with Crippen LogP contribution in [0.3, 0.4) is 0 Å². The first-order chi connectivity index (χ1) is 13.6. The normalized spacial score (nSPS) is 19.2. The van der Waals surface area contributed by atoms with E-state index in [1.807, 2.05) is 54.2 Å². The van der Waals surface area contributed by atoms with Crippen molar-refractivity contribution in [1.82, 2.24) is 9.55 Å². The van der Waals surface area contributed by atoms with Crippen LogP contribution in [0, 0.1) is 0 Å². The molecule has 0 spiro atoms. The van der Waals surface area contributed by atoms with Gasteiger partial charge in [0.15, 0.2) is 11.9 Å². The quantitative estimate of drug-likeness (QED) is 0.697. The van der Waals surface area contributed by atoms with Gasteiger partial charge in [-0.3, -0.25) is 0 Å². The Labute approximate surface area is 169 Å². The third-order valence-electron chi connectivity index (χ3n) is 5.08. The van der Waals surface area contributed by atoms with Crippen LogP contribution in [0.2, 0.25) is 5.02 Å². The van der Waals surface area contributed by atoms with Crippen molar-refractivity contribution in [1.29, 1.82) is 0 Å². The number of benzene rings is 2. The Kier molecular flexibility index (Phi) is 5.40. The maximum atomic E-state index is 12.0. The molecule has 6 heteroatoms. The summed E-state index contributed by atoms with van der Waals surface area (Å²) >= 11 is 6.08. The predicted octanol–water partition coefficient (Wildman–Crippen LogP) is 4.26. The van der Waals surface area contributed by atoms with E-state index in [4.69, 9.17) is 21.1 Å². The largest absolute Gasteiger partial charge is 0.465 e. The number of para-hydroxylation sites is 1. The van der Waals surface area contributed by atoms with E-state index >= 15 is 0 Å². The van der Waals surface area contributed by atoms with Crippen molar-refractivity contribution in [2.45, 2.75) is 31.2 Å². The van der Waals surface area contributed by atoms with Crippen molar-refractivity contribution in [3.63, 3.8) is 0 Å². The van der Waals surface area contributed by atoms with Crippen molar-refractivity contribution in [2.75, 3.05) is 6.61 Å². The smallest absolute Gasteiger partial charge is 0.199 e. The summed E-state index contributed by atoms with van der Waals surface area (Å²) in [5.41, 5.74) is -0.235. The highest BCUT2D eigenvalue weighted by Crippen LogP contribution is 2.41. The topological polar surface area (TPSA) is 56.5 Å². The first-order valence-corrected chi connectivity index (χ1v) is 9.81. The summed E-state index contributed by atoms with van der Waals surface area (Å²) in [6.45, 7) is 0.688. The Morgan fingerprint density at radius 2 is 1.96 bits per heavy atom. The average molecular weight is 399 g/mol. The van der Waals surface area contributed by atoms with Crippen LogP contribution in [-0.4, -0.2) is 27.6 Å². The Morgan fingerprint density at radius 1 is 1.18 bits per heavy atom.